The zero-order valence-electron chi connectivity index (χ0n) is 11.0. The van der Waals surface area contributed by atoms with Crippen molar-refractivity contribution >= 4 is 12.0 Å². The summed E-state index contributed by atoms with van der Waals surface area (Å²) in [6.45, 7) is 4.38. The Kier molecular flexibility index (Phi) is 6.15. The molecule has 0 aliphatic carbocycles. The van der Waals surface area contributed by atoms with E-state index in [1.807, 2.05) is 31.2 Å². The average molecular weight is 247 g/mol. The Morgan fingerprint density at radius 2 is 2.06 bits per heavy atom. The third kappa shape index (κ3) is 6.21. The number of carbonyl (C=O) groups excluding carboxylic acids is 1. The fourth-order valence-electron chi connectivity index (χ4n) is 1.52. The van der Waals surface area contributed by atoms with E-state index in [2.05, 4.69) is 5.32 Å². The zero-order valence-corrected chi connectivity index (χ0v) is 11.0. The second kappa shape index (κ2) is 7.67. The van der Waals surface area contributed by atoms with E-state index < -0.39 is 0 Å². The summed E-state index contributed by atoms with van der Waals surface area (Å²) in [5.74, 6) is -0.0961. The van der Waals surface area contributed by atoms with Gasteiger partial charge in [-0.15, -0.1) is 0 Å². The summed E-state index contributed by atoms with van der Waals surface area (Å²) in [4.78, 5) is 11.5. The molecule has 0 fully saturated rings. The zero-order chi connectivity index (χ0) is 13.4. The van der Waals surface area contributed by atoms with Crippen molar-refractivity contribution in [1.29, 1.82) is 0 Å². The largest absolute Gasteiger partial charge is 0.393 e. The molecule has 1 amide bonds. The summed E-state index contributed by atoms with van der Waals surface area (Å²) < 4.78 is 0. The molecule has 0 heterocycles. The molecule has 2 N–H and O–H groups in total. The van der Waals surface area contributed by atoms with Crippen molar-refractivity contribution in [2.24, 2.45) is 0 Å². The fourth-order valence-corrected chi connectivity index (χ4v) is 1.52. The molecule has 3 heteroatoms. The number of aliphatic hydroxyl groups excluding tert-OH is 1. The Labute approximate surface area is 109 Å². The minimum absolute atomic E-state index is 0.0961. The number of rotatable bonds is 6. The molecule has 3 nitrogen and oxygen atoms in total. The molecular formula is C15H21NO2. The number of aryl methyl sites for hydroxylation is 1. The Morgan fingerprint density at radius 3 is 2.67 bits per heavy atom. The van der Waals surface area contributed by atoms with E-state index in [4.69, 9.17) is 5.11 Å². The normalized spacial score (nSPS) is 12.6. The van der Waals surface area contributed by atoms with Crippen LogP contribution >= 0.6 is 0 Å². The smallest absolute Gasteiger partial charge is 0.243 e. The van der Waals surface area contributed by atoms with Crippen LogP contribution in [0.4, 0.5) is 0 Å². The van der Waals surface area contributed by atoms with Crippen molar-refractivity contribution in [1.82, 2.24) is 5.32 Å². The van der Waals surface area contributed by atoms with Crippen LogP contribution in [0.1, 0.15) is 30.9 Å². The lowest BCUT2D eigenvalue weighted by atomic mass is 10.1. The van der Waals surface area contributed by atoms with Gasteiger partial charge in [-0.25, -0.2) is 0 Å². The highest BCUT2D eigenvalue weighted by atomic mass is 16.3. The topological polar surface area (TPSA) is 49.3 Å². The molecule has 0 aliphatic heterocycles. The molecule has 1 aromatic rings. The van der Waals surface area contributed by atoms with Crippen molar-refractivity contribution in [3.63, 3.8) is 0 Å². The van der Waals surface area contributed by atoms with Crippen LogP contribution in [-0.2, 0) is 4.79 Å². The molecule has 0 aliphatic rings. The maximum Gasteiger partial charge on any atom is 0.243 e. The van der Waals surface area contributed by atoms with Gasteiger partial charge >= 0.3 is 0 Å². The number of amides is 1. The van der Waals surface area contributed by atoms with Gasteiger partial charge in [-0.05, 0) is 38.3 Å². The molecule has 0 bridgehead atoms. The SMILES string of the molecule is Cc1ccc(/C=C/C(=O)NCCCC(C)O)cc1. The van der Waals surface area contributed by atoms with Gasteiger partial charge in [0.15, 0.2) is 0 Å². The lowest BCUT2D eigenvalue weighted by Crippen LogP contribution is -2.22. The van der Waals surface area contributed by atoms with E-state index >= 15 is 0 Å². The van der Waals surface area contributed by atoms with Gasteiger partial charge in [-0.1, -0.05) is 29.8 Å². The number of carbonyl (C=O) groups is 1. The Balaban J connectivity index is 2.29. The van der Waals surface area contributed by atoms with Crippen molar-refractivity contribution in [2.45, 2.75) is 32.8 Å². The molecule has 0 saturated heterocycles. The third-order valence-corrected chi connectivity index (χ3v) is 2.60. The van der Waals surface area contributed by atoms with Crippen LogP contribution in [0.3, 0.4) is 0 Å². The minimum atomic E-state index is -0.301. The molecule has 1 aromatic carbocycles. The standard InChI is InChI=1S/C15H21NO2/c1-12-5-7-14(8-6-12)9-10-15(18)16-11-3-4-13(2)17/h5-10,13,17H,3-4,11H2,1-2H3,(H,16,18)/b10-9+. The first kappa shape index (κ1) is 14.5. The summed E-state index contributed by atoms with van der Waals surface area (Å²) >= 11 is 0. The van der Waals surface area contributed by atoms with Crippen LogP contribution in [0.15, 0.2) is 30.3 Å². The van der Waals surface area contributed by atoms with Crippen molar-refractivity contribution in [2.75, 3.05) is 6.54 Å². The molecular weight excluding hydrogens is 226 g/mol. The summed E-state index contributed by atoms with van der Waals surface area (Å²) in [6.07, 6.45) is 4.53. The quantitative estimate of drug-likeness (QED) is 0.598. The molecule has 0 spiro atoms. The molecule has 1 atom stereocenters. The number of aliphatic hydroxyl groups is 1. The van der Waals surface area contributed by atoms with E-state index in [1.165, 1.54) is 11.6 Å². The highest BCUT2D eigenvalue weighted by molar-refractivity contribution is 5.91. The van der Waals surface area contributed by atoms with E-state index in [1.54, 1.807) is 13.0 Å². The van der Waals surface area contributed by atoms with Crippen LogP contribution in [-0.4, -0.2) is 23.7 Å². The van der Waals surface area contributed by atoms with Crippen LogP contribution in [0.2, 0.25) is 0 Å². The number of hydrogen-bond donors (Lipinski definition) is 2. The average Bonchev–Trinajstić information content (AvgIpc) is 2.34. The van der Waals surface area contributed by atoms with Crippen LogP contribution in [0.25, 0.3) is 6.08 Å². The highest BCUT2D eigenvalue weighted by Crippen LogP contribution is 2.04. The Hall–Kier alpha value is -1.61. The summed E-state index contributed by atoms with van der Waals surface area (Å²) in [6, 6.07) is 7.99. The summed E-state index contributed by atoms with van der Waals surface area (Å²) in [5.41, 5.74) is 2.22. The van der Waals surface area contributed by atoms with Crippen molar-refractivity contribution in [3.8, 4) is 0 Å². The summed E-state index contributed by atoms with van der Waals surface area (Å²) in [7, 11) is 0. The predicted octanol–water partition coefficient (Wildman–Crippen LogP) is 2.29. The molecule has 1 rings (SSSR count). The first-order valence-corrected chi connectivity index (χ1v) is 6.28. The number of benzene rings is 1. The van der Waals surface area contributed by atoms with Gasteiger partial charge in [0.25, 0.3) is 0 Å². The van der Waals surface area contributed by atoms with Crippen LogP contribution in [0, 0.1) is 6.92 Å². The highest BCUT2D eigenvalue weighted by Gasteiger charge is 1.97. The summed E-state index contributed by atoms with van der Waals surface area (Å²) in [5, 5.41) is 11.8. The van der Waals surface area contributed by atoms with Gasteiger partial charge in [0, 0.05) is 12.6 Å². The number of hydrogen-bond acceptors (Lipinski definition) is 2. The maximum absolute atomic E-state index is 11.5. The molecule has 0 aromatic heterocycles. The second-order valence-corrected chi connectivity index (χ2v) is 4.53. The van der Waals surface area contributed by atoms with Gasteiger partial charge < -0.3 is 10.4 Å². The fraction of sp³-hybridized carbons (Fsp3) is 0.400. The lowest BCUT2D eigenvalue weighted by molar-refractivity contribution is -0.116. The van der Waals surface area contributed by atoms with E-state index in [9.17, 15) is 4.79 Å². The maximum atomic E-state index is 11.5. The van der Waals surface area contributed by atoms with Crippen LogP contribution in [0.5, 0.6) is 0 Å². The van der Waals surface area contributed by atoms with Gasteiger partial charge in [-0.3, -0.25) is 4.79 Å². The predicted molar refractivity (Wildman–Crippen MR) is 74.1 cm³/mol. The monoisotopic (exact) mass is 247 g/mol. The minimum Gasteiger partial charge on any atom is -0.393 e. The molecule has 18 heavy (non-hydrogen) atoms. The van der Waals surface area contributed by atoms with Gasteiger partial charge in [0.2, 0.25) is 5.91 Å². The van der Waals surface area contributed by atoms with E-state index in [-0.39, 0.29) is 12.0 Å². The van der Waals surface area contributed by atoms with Gasteiger partial charge in [-0.2, -0.15) is 0 Å². The van der Waals surface area contributed by atoms with Crippen LogP contribution < -0.4 is 5.32 Å². The van der Waals surface area contributed by atoms with E-state index in [0.717, 1.165) is 12.0 Å². The first-order valence-electron chi connectivity index (χ1n) is 6.28. The lowest BCUT2D eigenvalue weighted by Gasteiger charge is -2.04. The molecule has 1 unspecified atom stereocenters. The second-order valence-electron chi connectivity index (χ2n) is 4.53. The molecule has 0 saturated carbocycles. The first-order chi connectivity index (χ1) is 8.58. The van der Waals surface area contributed by atoms with Gasteiger partial charge in [0.1, 0.15) is 0 Å². The third-order valence-electron chi connectivity index (χ3n) is 2.60. The van der Waals surface area contributed by atoms with Crippen molar-refractivity contribution in [3.05, 3.63) is 41.5 Å². The number of nitrogens with one attached hydrogen (secondary N) is 1. The molecule has 0 radical (unpaired) electrons. The van der Waals surface area contributed by atoms with Gasteiger partial charge in [0.05, 0.1) is 6.10 Å². The Morgan fingerprint density at radius 1 is 1.39 bits per heavy atom. The Bertz CT molecular complexity index is 393. The van der Waals surface area contributed by atoms with E-state index in [0.29, 0.717) is 13.0 Å². The molecule has 98 valence electrons. The van der Waals surface area contributed by atoms with Crippen molar-refractivity contribution < 1.29 is 9.90 Å².